The summed E-state index contributed by atoms with van der Waals surface area (Å²) in [7, 11) is 1.44. The van der Waals surface area contributed by atoms with Crippen LogP contribution in [0.3, 0.4) is 0 Å². The first-order valence-electron chi connectivity index (χ1n) is 8.18. The van der Waals surface area contributed by atoms with E-state index < -0.39 is 0 Å². The number of hydrazone groups is 1. The molecule has 2 rings (SSSR count). The zero-order valence-corrected chi connectivity index (χ0v) is 16.3. The first kappa shape index (κ1) is 20.4. The van der Waals surface area contributed by atoms with E-state index >= 15 is 0 Å². The molecular formula is C19H20BrN3O4. The average molecular weight is 434 g/mol. The van der Waals surface area contributed by atoms with Gasteiger partial charge in [0.15, 0.2) is 11.5 Å². The van der Waals surface area contributed by atoms with Gasteiger partial charge in [0.05, 0.1) is 17.8 Å². The first-order valence-corrected chi connectivity index (χ1v) is 8.98. The van der Waals surface area contributed by atoms with E-state index in [-0.39, 0.29) is 36.2 Å². The predicted octanol–water partition coefficient (Wildman–Crippen LogP) is 2.71. The van der Waals surface area contributed by atoms with Crippen molar-refractivity contribution in [2.24, 2.45) is 5.10 Å². The number of nitrogens with one attached hydrogen (secondary N) is 2. The van der Waals surface area contributed by atoms with Crippen LogP contribution in [-0.4, -0.2) is 30.2 Å². The number of rotatable bonds is 8. The standard InChI is InChI=1S/C19H20BrN3O4/c1-27-16-10-14(9-15(20)19(16)26)12-22-23-18(25)8-7-17(24)21-11-13-5-3-2-4-6-13/h2-6,9-10,12,26H,7-8,11H2,1H3,(H,21,24)(H,23,25)/b22-12+. The molecule has 2 amide bonds. The third-order valence-corrected chi connectivity index (χ3v) is 4.19. The van der Waals surface area contributed by atoms with Crippen molar-refractivity contribution in [2.75, 3.05) is 7.11 Å². The van der Waals surface area contributed by atoms with Gasteiger partial charge in [-0.2, -0.15) is 5.10 Å². The lowest BCUT2D eigenvalue weighted by molar-refractivity contribution is -0.126. The average Bonchev–Trinajstić information content (AvgIpc) is 2.68. The van der Waals surface area contributed by atoms with Gasteiger partial charge in [0.2, 0.25) is 11.8 Å². The second-order valence-electron chi connectivity index (χ2n) is 5.61. The molecule has 0 atom stereocenters. The van der Waals surface area contributed by atoms with Crippen molar-refractivity contribution in [1.82, 2.24) is 10.7 Å². The van der Waals surface area contributed by atoms with Gasteiger partial charge in [-0.15, -0.1) is 0 Å². The smallest absolute Gasteiger partial charge is 0.240 e. The first-order chi connectivity index (χ1) is 13.0. The lowest BCUT2D eigenvalue weighted by Crippen LogP contribution is -2.25. The van der Waals surface area contributed by atoms with Gasteiger partial charge in [-0.05, 0) is 39.2 Å². The molecule has 8 heteroatoms. The number of hydrogen-bond acceptors (Lipinski definition) is 5. The van der Waals surface area contributed by atoms with Crippen molar-refractivity contribution in [2.45, 2.75) is 19.4 Å². The maximum Gasteiger partial charge on any atom is 0.240 e. The summed E-state index contributed by atoms with van der Waals surface area (Å²) in [4.78, 5) is 23.6. The van der Waals surface area contributed by atoms with Crippen molar-refractivity contribution >= 4 is 34.0 Å². The van der Waals surface area contributed by atoms with E-state index in [0.29, 0.717) is 16.6 Å². The summed E-state index contributed by atoms with van der Waals surface area (Å²) in [6.07, 6.45) is 1.52. The molecule has 0 aromatic heterocycles. The van der Waals surface area contributed by atoms with Crippen LogP contribution in [0.5, 0.6) is 11.5 Å². The summed E-state index contributed by atoms with van der Waals surface area (Å²) >= 11 is 3.21. The van der Waals surface area contributed by atoms with E-state index in [0.717, 1.165) is 5.56 Å². The normalized spacial score (nSPS) is 10.6. The molecule has 0 unspecified atom stereocenters. The molecule has 0 saturated carbocycles. The summed E-state index contributed by atoms with van der Waals surface area (Å²) < 4.78 is 5.49. The summed E-state index contributed by atoms with van der Waals surface area (Å²) in [6.45, 7) is 0.428. The highest BCUT2D eigenvalue weighted by molar-refractivity contribution is 9.10. The molecule has 0 bridgehead atoms. The van der Waals surface area contributed by atoms with E-state index in [1.54, 1.807) is 12.1 Å². The van der Waals surface area contributed by atoms with Gasteiger partial charge in [-0.25, -0.2) is 5.43 Å². The van der Waals surface area contributed by atoms with Crippen LogP contribution in [0.25, 0.3) is 0 Å². The minimum Gasteiger partial charge on any atom is -0.503 e. The van der Waals surface area contributed by atoms with Crippen molar-refractivity contribution < 1.29 is 19.4 Å². The number of methoxy groups -OCH3 is 1. The Labute approximate surface area is 165 Å². The largest absolute Gasteiger partial charge is 0.503 e. The zero-order valence-electron chi connectivity index (χ0n) is 14.7. The maximum absolute atomic E-state index is 11.8. The number of phenolic OH excluding ortho intramolecular Hbond substituents is 1. The van der Waals surface area contributed by atoms with Crippen LogP contribution < -0.4 is 15.5 Å². The van der Waals surface area contributed by atoms with Crippen LogP contribution in [-0.2, 0) is 16.1 Å². The Hall–Kier alpha value is -2.87. The Kier molecular flexibility index (Phi) is 7.81. The summed E-state index contributed by atoms with van der Waals surface area (Å²) in [5.74, 6) is -0.302. The van der Waals surface area contributed by atoms with Crippen LogP contribution in [0.1, 0.15) is 24.0 Å². The maximum atomic E-state index is 11.8. The molecule has 7 nitrogen and oxygen atoms in total. The third-order valence-electron chi connectivity index (χ3n) is 3.59. The van der Waals surface area contributed by atoms with Gasteiger partial charge in [0, 0.05) is 19.4 Å². The number of carbonyl (C=O) groups excluding carboxylic acids is 2. The predicted molar refractivity (Wildman–Crippen MR) is 106 cm³/mol. The van der Waals surface area contributed by atoms with Gasteiger partial charge in [-0.1, -0.05) is 30.3 Å². The fraction of sp³-hybridized carbons (Fsp3) is 0.211. The molecule has 2 aromatic rings. The van der Waals surface area contributed by atoms with Crippen molar-refractivity contribution in [3.63, 3.8) is 0 Å². The van der Waals surface area contributed by atoms with E-state index in [4.69, 9.17) is 4.74 Å². The minimum atomic E-state index is -0.370. The van der Waals surface area contributed by atoms with Crippen LogP contribution in [0.2, 0.25) is 0 Å². The lowest BCUT2D eigenvalue weighted by Gasteiger charge is -2.06. The molecule has 0 aliphatic rings. The molecule has 0 aliphatic carbocycles. The molecule has 0 saturated heterocycles. The van der Waals surface area contributed by atoms with Crippen molar-refractivity contribution in [3.05, 3.63) is 58.1 Å². The Morgan fingerprint density at radius 1 is 1.19 bits per heavy atom. The number of carbonyl (C=O) groups is 2. The Balaban J connectivity index is 1.75. The number of ether oxygens (including phenoxy) is 1. The molecule has 2 aromatic carbocycles. The molecule has 27 heavy (non-hydrogen) atoms. The van der Waals surface area contributed by atoms with E-state index in [1.165, 1.54) is 13.3 Å². The number of aromatic hydroxyl groups is 1. The van der Waals surface area contributed by atoms with Crippen LogP contribution in [0, 0.1) is 0 Å². The molecular weight excluding hydrogens is 414 g/mol. The monoisotopic (exact) mass is 433 g/mol. The van der Waals surface area contributed by atoms with Crippen molar-refractivity contribution in [3.8, 4) is 11.5 Å². The molecule has 0 spiro atoms. The third kappa shape index (κ3) is 6.74. The SMILES string of the molecule is COc1cc(/C=N/NC(=O)CCC(=O)NCc2ccccc2)cc(Br)c1O. The molecule has 3 N–H and O–H groups in total. The lowest BCUT2D eigenvalue weighted by atomic mass is 10.2. The highest BCUT2D eigenvalue weighted by Crippen LogP contribution is 2.34. The fourth-order valence-corrected chi connectivity index (χ4v) is 2.63. The topological polar surface area (TPSA) is 100 Å². The number of amides is 2. The van der Waals surface area contributed by atoms with Crippen LogP contribution >= 0.6 is 15.9 Å². The molecule has 142 valence electrons. The molecule has 0 heterocycles. The fourth-order valence-electron chi connectivity index (χ4n) is 2.17. The van der Waals surface area contributed by atoms with Crippen LogP contribution in [0.4, 0.5) is 0 Å². The van der Waals surface area contributed by atoms with E-state index in [2.05, 4.69) is 31.8 Å². The van der Waals surface area contributed by atoms with E-state index in [1.807, 2.05) is 30.3 Å². The highest BCUT2D eigenvalue weighted by atomic mass is 79.9. The molecule has 0 radical (unpaired) electrons. The molecule has 0 fully saturated rings. The number of nitrogens with zero attached hydrogens (tertiary/aromatic N) is 1. The summed E-state index contributed by atoms with van der Waals surface area (Å²) in [5, 5.41) is 16.4. The quantitative estimate of drug-likeness (QED) is 0.440. The summed E-state index contributed by atoms with van der Waals surface area (Å²) in [6, 6.07) is 12.7. The van der Waals surface area contributed by atoms with Gasteiger partial charge < -0.3 is 15.2 Å². The molecule has 0 aliphatic heterocycles. The summed E-state index contributed by atoms with van der Waals surface area (Å²) in [5.41, 5.74) is 3.98. The van der Waals surface area contributed by atoms with Crippen molar-refractivity contribution in [1.29, 1.82) is 0 Å². The number of benzene rings is 2. The Morgan fingerprint density at radius 2 is 1.89 bits per heavy atom. The second kappa shape index (κ2) is 10.3. The minimum absolute atomic E-state index is 0.0137. The van der Waals surface area contributed by atoms with E-state index in [9.17, 15) is 14.7 Å². The number of hydrogen-bond donors (Lipinski definition) is 3. The Bertz CT molecular complexity index is 825. The van der Waals surface area contributed by atoms with Gasteiger partial charge in [0.25, 0.3) is 0 Å². The second-order valence-corrected chi connectivity index (χ2v) is 6.46. The highest BCUT2D eigenvalue weighted by Gasteiger charge is 2.08. The van der Waals surface area contributed by atoms with Gasteiger partial charge >= 0.3 is 0 Å². The zero-order chi connectivity index (χ0) is 19.6. The Morgan fingerprint density at radius 3 is 2.59 bits per heavy atom. The van der Waals surface area contributed by atoms with Gasteiger partial charge in [0.1, 0.15) is 0 Å². The number of phenols is 1. The van der Waals surface area contributed by atoms with Crippen LogP contribution in [0.15, 0.2) is 52.0 Å². The van der Waals surface area contributed by atoms with Gasteiger partial charge in [-0.3, -0.25) is 9.59 Å². The number of halogens is 1.